The van der Waals surface area contributed by atoms with Gasteiger partial charge in [0.1, 0.15) is 15.6 Å². The fourth-order valence-corrected chi connectivity index (χ4v) is 7.61. The number of likely N-dealkylation sites (N-methyl/N-ethyl adjacent to an activating group) is 1. The van der Waals surface area contributed by atoms with Crippen LogP contribution in [0.4, 0.5) is 0 Å². The molecule has 3 aliphatic heterocycles. The van der Waals surface area contributed by atoms with Gasteiger partial charge in [0.2, 0.25) is 10.0 Å². The van der Waals surface area contributed by atoms with Crippen LogP contribution in [0.3, 0.4) is 0 Å². The Bertz CT molecular complexity index is 1140. The first-order chi connectivity index (χ1) is 18.2. The van der Waals surface area contributed by atoms with E-state index in [0.29, 0.717) is 62.8 Å². The summed E-state index contributed by atoms with van der Waals surface area (Å²) in [6, 6.07) is 4.59. The maximum absolute atomic E-state index is 13.7. The Balaban J connectivity index is 1.66. The number of piperazine rings is 1. The third kappa shape index (κ3) is 5.99. The SMILES string of the molecule is CCCOc1ccc(S(=O)(=O)N2CCN(CCCO)CC2)cc1C1NC(=O)C2=C1CN(CCC)C(I)N2C. The highest BCUT2D eigenvalue weighted by molar-refractivity contribution is 14.1. The number of alkyl halides is 1. The van der Waals surface area contributed by atoms with Crippen LogP contribution in [-0.2, 0) is 14.8 Å². The maximum Gasteiger partial charge on any atom is 0.268 e. The lowest BCUT2D eigenvalue weighted by atomic mass is 9.97. The van der Waals surface area contributed by atoms with Gasteiger partial charge in [0.15, 0.2) is 0 Å². The molecular weight excluding hydrogens is 621 g/mol. The predicted molar refractivity (Wildman–Crippen MR) is 154 cm³/mol. The van der Waals surface area contributed by atoms with Crippen molar-refractivity contribution in [3.63, 3.8) is 0 Å². The van der Waals surface area contributed by atoms with Gasteiger partial charge in [-0.05, 0) is 65.6 Å². The molecule has 1 aromatic rings. The average molecular weight is 662 g/mol. The molecule has 1 saturated heterocycles. The van der Waals surface area contributed by atoms with Gasteiger partial charge in [-0.1, -0.05) is 13.8 Å². The molecule has 0 radical (unpaired) electrons. The van der Waals surface area contributed by atoms with Gasteiger partial charge in [-0.25, -0.2) is 8.42 Å². The van der Waals surface area contributed by atoms with Gasteiger partial charge in [-0.2, -0.15) is 4.31 Å². The van der Waals surface area contributed by atoms with Gasteiger partial charge < -0.3 is 25.0 Å². The highest BCUT2D eigenvalue weighted by Crippen LogP contribution is 2.41. The van der Waals surface area contributed by atoms with E-state index in [9.17, 15) is 13.2 Å². The molecule has 0 saturated carbocycles. The molecule has 4 rings (SSSR count). The highest BCUT2D eigenvalue weighted by atomic mass is 127. The number of nitrogens with zero attached hydrogens (tertiary/aromatic N) is 4. The minimum atomic E-state index is -3.73. The van der Waals surface area contributed by atoms with Crippen molar-refractivity contribution in [1.82, 2.24) is 24.3 Å². The lowest BCUT2D eigenvalue weighted by Crippen LogP contribution is -2.48. The average Bonchev–Trinajstić information content (AvgIpc) is 3.25. The van der Waals surface area contributed by atoms with Gasteiger partial charge >= 0.3 is 0 Å². The largest absolute Gasteiger partial charge is 0.493 e. The number of halogens is 1. The number of aliphatic hydroxyl groups excluding tert-OH is 1. The van der Waals surface area contributed by atoms with Crippen molar-refractivity contribution >= 4 is 38.5 Å². The zero-order valence-electron chi connectivity index (χ0n) is 22.5. The van der Waals surface area contributed by atoms with E-state index in [1.807, 2.05) is 18.9 Å². The first-order valence-electron chi connectivity index (χ1n) is 13.5. The predicted octanol–water partition coefficient (Wildman–Crippen LogP) is 1.97. The molecular formula is C26H40IN5O5S. The standard InChI is InChI=1S/C26H40IN5O5S/c1-4-9-31-18-21-23(28-25(34)24(21)29(3)26(31)27)20-17-19(7-8-22(20)37-16-5-2)38(35,36)32-13-11-30(12-14-32)10-6-15-33/h7-8,17,23,26,33H,4-6,9-16,18H2,1-3H3,(H,28,34). The summed E-state index contributed by atoms with van der Waals surface area (Å²) in [6.07, 6.45) is 2.49. The van der Waals surface area contributed by atoms with Crippen LogP contribution in [0.25, 0.3) is 0 Å². The van der Waals surface area contributed by atoms with Crippen LogP contribution in [0.15, 0.2) is 34.4 Å². The molecule has 10 nitrogen and oxygen atoms in total. The molecule has 2 N–H and O–H groups in total. The monoisotopic (exact) mass is 661 g/mol. The van der Waals surface area contributed by atoms with Crippen molar-refractivity contribution in [2.45, 2.75) is 48.2 Å². The Morgan fingerprint density at radius 2 is 1.87 bits per heavy atom. The minimum Gasteiger partial charge on any atom is -0.493 e. The number of rotatable bonds is 11. The van der Waals surface area contributed by atoms with Crippen LogP contribution in [0.5, 0.6) is 5.75 Å². The van der Waals surface area contributed by atoms with Crippen LogP contribution in [0, 0.1) is 0 Å². The van der Waals surface area contributed by atoms with E-state index in [4.69, 9.17) is 9.84 Å². The Kier molecular flexibility index (Phi) is 9.96. The molecule has 0 aliphatic carbocycles. The number of amides is 1. The maximum atomic E-state index is 13.7. The molecule has 0 bridgehead atoms. The Morgan fingerprint density at radius 1 is 1.13 bits per heavy atom. The summed E-state index contributed by atoms with van der Waals surface area (Å²) >= 11 is 2.36. The third-order valence-corrected chi connectivity index (χ3v) is 10.9. The summed E-state index contributed by atoms with van der Waals surface area (Å²) < 4.78 is 35.0. The van der Waals surface area contributed by atoms with Crippen LogP contribution in [0.2, 0.25) is 0 Å². The topological polar surface area (TPSA) is 106 Å². The molecule has 2 unspecified atom stereocenters. The van der Waals surface area contributed by atoms with Crippen molar-refractivity contribution in [3.05, 3.63) is 35.0 Å². The normalized spacial score (nSPS) is 23.6. The van der Waals surface area contributed by atoms with Crippen molar-refractivity contribution in [2.24, 2.45) is 0 Å². The second-order valence-electron chi connectivity index (χ2n) is 10.0. The lowest BCUT2D eigenvalue weighted by molar-refractivity contribution is -0.118. The van der Waals surface area contributed by atoms with Gasteiger partial charge in [-0.3, -0.25) is 9.69 Å². The van der Waals surface area contributed by atoms with Gasteiger partial charge in [0, 0.05) is 65.0 Å². The summed E-state index contributed by atoms with van der Waals surface area (Å²) in [6.45, 7) is 9.16. The summed E-state index contributed by atoms with van der Waals surface area (Å²) in [4.78, 5) is 19.9. The molecule has 1 fully saturated rings. The second kappa shape index (κ2) is 12.8. The Morgan fingerprint density at radius 3 is 2.53 bits per heavy atom. The number of carbonyl (C=O) groups is 1. The van der Waals surface area contributed by atoms with Crippen LogP contribution >= 0.6 is 22.6 Å². The number of ether oxygens (including phenoxy) is 1. The third-order valence-electron chi connectivity index (χ3n) is 7.36. The first-order valence-corrected chi connectivity index (χ1v) is 16.2. The zero-order chi connectivity index (χ0) is 27.4. The van der Waals surface area contributed by atoms with E-state index in [0.717, 1.165) is 31.5 Å². The molecule has 3 heterocycles. The fourth-order valence-electron chi connectivity index (χ4n) is 5.40. The number of hydrogen-bond acceptors (Lipinski definition) is 8. The molecule has 212 valence electrons. The molecule has 3 aliphatic rings. The number of hydrogen-bond donors (Lipinski definition) is 2. The molecule has 1 aromatic carbocycles. The quantitative estimate of drug-likeness (QED) is 0.211. The summed E-state index contributed by atoms with van der Waals surface area (Å²) in [5, 5.41) is 12.2. The number of sulfonamides is 1. The van der Waals surface area contributed by atoms with Crippen molar-refractivity contribution in [3.8, 4) is 5.75 Å². The second-order valence-corrected chi connectivity index (χ2v) is 13.1. The molecule has 2 atom stereocenters. The number of carbonyl (C=O) groups excluding carboxylic acids is 1. The first kappa shape index (κ1) is 29.5. The zero-order valence-corrected chi connectivity index (χ0v) is 25.5. The molecule has 1 amide bonds. The van der Waals surface area contributed by atoms with Gasteiger partial charge in [0.25, 0.3) is 5.91 Å². The van der Waals surface area contributed by atoms with E-state index in [2.05, 4.69) is 44.6 Å². The molecule has 0 spiro atoms. The molecule has 12 heteroatoms. The smallest absolute Gasteiger partial charge is 0.268 e. The summed E-state index contributed by atoms with van der Waals surface area (Å²) in [5.41, 5.74) is 2.29. The van der Waals surface area contributed by atoms with E-state index >= 15 is 0 Å². The summed E-state index contributed by atoms with van der Waals surface area (Å²) in [7, 11) is -1.79. The van der Waals surface area contributed by atoms with Crippen LogP contribution in [-0.4, -0.2) is 109 Å². The fraction of sp³-hybridized carbons (Fsp3) is 0.654. The van der Waals surface area contributed by atoms with E-state index < -0.39 is 16.1 Å². The van der Waals surface area contributed by atoms with Crippen LogP contribution < -0.4 is 10.1 Å². The van der Waals surface area contributed by atoms with Gasteiger partial charge in [-0.15, -0.1) is 0 Å². The van der Waals surface area contributed by atoms with Crippen molar-refractivity contribution in [1.29, 1.82) is 0 Å². The summed E-state index contributed by atoms with van der Waals surface area (Å²) in [5.74, 6) is 0.457. The number of nitrogens with one attached hydrogen (secondary N) is 1. The number of aliphatic hydroxyl groups is 1. The number of benzene rings is 1. The Labute approximate surface area is 240 Å². The molecule has 38 heavy (non-hydrogen) atoms. The van der Waals surface area contributed by atoms with Crippen LogP contribution in [0.1, 0.15) is 44.7 Å². The molecule has 0 aromatic heterocycles. The van der Waals surface area contributed by atoms with Crippen molar-refractivity contribution < 1.29 is 23.1 Å². The van der Waals surface area contributed by atoms with Crippen molar-refractivity contribution in [2.75, 3.05) is 66.1 Å². The van der Waals surface area contributed by atoms with E-state index in [-0.39, 0.29) is 21.6 Å². The Hall–Kier alpha value is -1.45. The highest BCUT2D eigenvalue weighted by Gasteiger charge is 2.43. The lowest BCUT2D eigenvalue weighted by Gasteiger charge is -2.40. The minimum absolute atomic E-state index is 0.0642. The van der Waals surface area contributed by atoms with E-state index in [1.54, 1.807) is 18.2 Å². The van der Waals surface area contributed by atoms with Gasteiger partial charge in [0.05, 0.1) is 17.5 Å². The van der Waals surface area contributed by atoms with E-state index in [1.165, 1.54) is 4.31 Å².